The predicted molar refractivity (Wildman–Crippen MR) is 64.4 cm³/mol. The molecule has 0 fully saturated rings. The van der Waals surface area contributed by atoms with Gasteiger partial charge in [0, 0.05) is 18.7 Å². The van der Waals surface area contributed by atoms with Gasteiger partial charge in [0.15, 0.2) is 0 Å². The zero-order valence-electron chi connectivity index (χ0n) is 8.57. The molecule has 0 unspecified atom stereocenters. The third-order valence-corrected chi connectivity index (χ3v) is 2.45. The van der Waals surface area contributed by atoms with E-state index < -0.39 is 0 Å². The van der Waals surface area contributed by atoms with Gasteiger partial charge in [-0.25, -0.2) is 4.98 Å². The van der Waals surface area contributed by atoms with Gasteiger partial charge in [-0.2, -0.15) is 5.10 Å². The van der Waals surface area contributed by atoms with Crippen LogP contribution in [0.1, 0.15) is 5.82 Å². The molecule has 0 spiro atoms. The van der Waals surface area contributed by atoms with Crippen molar-refractivity contribution in [2.45, 2.75) is 6.42 Å². The highest BCUT2D eigenvalue weighted by molar-refractivity contribution is 6.33. The molecule has 1 aromatic heterocycles. The second kappa shape index (κ2) is 4.85. The number of benzene rings is 1. The van der Waals surface area contributed by atoms with E-state index in [1.165, 1.54) is 6.33 Å². The SMILES string of the molecule is Nc1ccc(NCCc2ncn[nH]2)c(Cl)c1. The zero-order chi connectivity index (χ0) is 11.4. The Morgan fingerprint density at radius 2 is 2.31 bits per heavy atom. The normalized spacial score (nSPS) is 10.3. The van der Waals surface area contributed by atoms with Crippen molar-refractivity contribution in [2.75, 3.05) is 17.6 Å². The van der Waals surface area contributed by atoms with Gasteiger partial charge in [-0.3, -0.25) is 5.10 Å². The minimum Gasteiger partial charge on any atom is -0.399 e. The Morgan fingerprint density at radius 1 is 1.44 bits per heavy atom. The molecule has 4 N–H and O–H groups in total. The van der Waals surface area contributed by atoms with Gasteiger partial charge in [0.2, 0.25) is 0 Å². The van der Waals surface area contributed by atoms with Crippen LogP contribution in [0, 0.1) is 0 Å². The fourth-order valence-corrected chi connectivity index (χ4v) is 1.60. The topological polar surface area (TPSA) is 79.6 Å². The minimum absolute atomic E-state index is 0.623. The molecular weight excluding hydrogens is 226 g/mol. The largest absolute Gasteiger partial charge is 0.399 e. The lowest BCUT2D eigenvalue weighted by molar-refractivity contribution is 0.901. The lowest BCUT2D eigenvalue weighted by atomic mass is 10.2. The second-order valence-corrected chi connectivity index (χ2v) is 3.76. The molecule has 1 aromatic carbocycles. The molecule has 0 aliphatic carbocycles. The smallest absolute Gasteiger partial charge is 0.137 e. The molecule has 0 aliphatic rings. The van der Waals surface area contributed by atoms with Crippen molar-refractivity contribution in [3.63, 3.8) is 0 Å². The highest BCUT2D eigenvalue weighted by Gasteiger charge is 2.00. The van der Waals surface area contributed by atoms with Crippen LogP contribution >= 0.6 is 11.6 Å². The van der Waals surface area contributed by atoms with Gasteiger partial charge >= 0.3 is 0 Å². The molecule has 5 nitrogen and oxygen atoms in total. The highest BCUT2D eigenvalue weighted by atomic mass is 35.5. The number of halogens is 1. The number of nitrogens with one attached hydrogen (secondary N) is 2. The fourth-order valence-electron chi connectivity index (χ4n) is 1.34. The Morgan fingerprint density at radius 3 is 3.00 bits per heavy atom. The molecule has 2 rings (SSSR count). The van der Waals surface area contributed by atoms with Crippen LogP contribution in [0.25, 0.3) is 0 Å². The molecule has 0 atom stereocenters. The Bertz CT molecular complexity index is 454. The highest BCUT2D eigenvalue weighted by Crippen LogP contribution is 2.23. The second-order valence-electron chi connectivity index (χ2n) is 3.35. The molecular formula is C10H12ClN5. The van der Waals surface area contributed by atoms with Gasteiger partial charge in [0.05, 0.1) is 10.7 Å². The van der Waals surface area contributed by atoms with E-state index in [0.29, 0.717) is 10.7 Å². The summed E-state index contributed by atoms with van der Waals surface area (Å²) in [5.74, 6) is 0.846. The molecule has 0 aliphatic heterocycles. The first-order valence-corrected chi connectivity index (χ1v) is 5.26. The molecule has 0 amide bonds. The zero-order valence-corrected chi connectivity index (χ0v) is 9.33. The predicted octanol–water partition coefficient (Wildman–Crippen LogP) is 1.69. The first-order chi connectivity index (χ1) is 7.75. The fraction of sp³-hybridized carbons (Fsp3) is 0.200. The van der Waals surface area contributed by atoms with E-state index in [-0.39, 0.29) is 0 Å². The summed E-state index contributed by atoms with van der Waals surface area (Å²) in [5, 5.41) is 10.4. The standard InChI is InChI=1S/C10H12ClN5/c11-8-5-7(12)1-2-9(8)13-4-3-10-14-6-15-16-10/h1-2,5-6,13H,3-4,12H2,(H,14,15,16). The van der Waals surface area contributed by atoms with E-state index in [0.717, 1.165) is 24.5 Å². The number of nitrogens with zero attached hydrogens (tertiary/aromatic N) is 2. The van der Waals surface area contributed by atoms with Gasteiger partial charge in [-0.1, -0.05) is 11.6 Å². The lowest BCUT2D eigenvalue weighted by Gasteiger charge is -2.07. The summed E-state index contributed by atoms with van der Waals surface area (Å²) in [5.41, 5.74) is 7.13. The summed E-state index contributed by atoms with van der Waals surface area (Å²) < 4.78 is 0. The maximum atomic E-state index is 6.01. The van der Waals surface area contributed by atoms with Crippen LogP contribution in [0.15, 0.2) is 24.5 Å². The third-order valence-electron chi connectivity index (χ3n) is 2.14. The molecule has 1 heterocycles. The third kappa shape index (κ3) is 2.64. The molecule has 2 aromatic rings. The Labute approximate surface area is 98.0 Å². The molecule has 0 saturated carbocycles. The van der Waals surface area contributed by atoms with Crippen molar-refractivity contribution in [2.24, 2.45) is 0 Å². The maximum absolute atomic E-state index is 6.01. The van der Waals surface area contributed by atoms with Crippen LogP contribution in [-0.4, -0.2) is 21.7 Å². The van der Waals surface area contributed by atoms with Gasteiger partial charge < -0.3 is 11.1 Å². The van der Waals surface area contributed by atoms with Crippen molar-refractivity contribution in [1.29, 1.82) is 0 Å². The van der Waals surface area contributed by atoms with Gasteiger partial charge in [0.1, 0.15) is 12.2 Å². The number of anilines is 2. The number of rotatable bonds is 4. The van der Waals surface area contributed by atoms with E-state index >= 15 is 0 Å². The van der Waals surface area contributed by atoms with E-state index in [4.69, 9.17) is 17.3 Å². The van der Waals surface area contributed by atoms with E-state index in [1.54, 1.807) is 6.07 Å². The summed E-state index contributed by atoms with van der Waals surface area (Å²) in [4.78, 5) is 4.02. The summed E-state index contributed by atoms with van der Waals surface area (Å²) in [6, 6.07) is 5.39. The molecule has 84 valence electrons. The monoisotopic (exact) mass is 237 g/mol. The first kappa shape index (κ1) is 10.8. The van der Waals surface area contributed by atoms with Crippen LogP contribution in [0.5, 0.6) is 0 Å². The Balaban J connectivity index is 1.90. The molecule has 16 heavy (non-hydrogen) atoms. The number of nitrogen functional groups attached to an aromatic ring is 1. The van der Waals surface area contributed by atoms with Gasteiger partial charge in [0.25, 0.3) is 0 Å². The van der Waals surface area contributed by atoms with Gasteiger partial charge in [-0.05, 0) is 18.2 Å². The average Bonchev–Trinajstić information content (AvgIpc) is 2.74. The first-order valence-electron chi connectivity index (χ1n) is 4.89. The van der Waals surface area contributed by atoms with Crippen molar-refractivity contribution >= 4 is 23.0 Å². The summed E-state index contributed by atoms with van der Waals surface area (Å²) in [6.45, 7) is 0.735. The van der Waals surface area contributed by atoms with Crippen LogP contribution in [0.2, 0.25) is 5.02 Å². The maximum Gasteiger partial charge on any atom is 0.137 e. The Kier molecular flexibility index (Phi) is 3.26. The number of hydrogen-bond acceptors (Lipinski definition) is 4. The number of H-pyrrole nitrogens is 1. The molecule has 0 bridgehead atoms. The van der Waals surface area contributed by atoms with E-state index in [9.17, 15) is 0 Å². The van der Waals surface area contributed by atoms with Crippen molar-refractivity contribution in [1.82, 2.24) is 15.2 Å². The van der Waals surface area contributed by atoms with Crippen molar-refractivity contribution in [3.05, 3.63) is 35.4 Å². The molecule has 0 saturated heterocycles. The number of hydrogen-bond donors (Lipinski definition) is 3. The lowest BCUT2D eigenvalue weighted by Crippen LogP contribution is -2.06. The molecule has 0 radical (unpaired) electrons. The molecule has 6 heteroatoms. The quantitative estimate of drug-likeness (QED) is 0.707. The van der Waals surface area contributed by atoms with Crippen LogP contribution in [0.4, 0.5) is 11.4 Å². The summed E-state index contributed by atoms with van der Waals surface area (Å²) in [6.07, 6.45) is 2.26. The van der Waals surface area contributed by atoms with Crippen LogP contribution in [0.3, 0.4) is 0 Å². The van der Waals surface area contributed by atoms with Crippen molar-refractivity contribution in [3.8, 4) is 0 Å². The van der Waals surface area contributed by atoms with Crippen LogP contribution < -0.4 is 11.1 Å². The van der Waals surface area contributed by atoms with Gasteiger partial charge in [-0.15, -0.1) is 0 Å². The average molecular weight is 238 g/mol. The van der Waals surface area contributed by atoms with Crippen molar-refractivity contribution < 1.29 is 0 Å². The summed E-state index contributed by atoms with van der Waals surface area (Å²) >= 11 is 6.01. The number of aromatic amines is 1. The minimum atomic E-state index is 0.623. The van der Waals surface area contributed by atoms with Crippen LogP contribution in [-0.2, 0) is 6.42 Å². The Hall–Kier alpha value is -1.75. The number of nitrogens with two attached hydrogens (primary N) is 1. The van der Waals surface area contributed by atoms with E-state index in [1.807, 2.05) is 12.1 Å². The van der Waals surface area contributed by atoms with E-state index in [2.05, 4.69) is 20.5 Å². The summed E-state index contributed by atoms with van der Waals surface area (Å²) in [7, 11) is 0. The number of aromatic nitrogens is 3.